The SMILES string of the molecule is COc1cc(C2C3=CCC4C(=O)N(c5ccccc5)C(=O)C4C3CC3C(=O)N(c4cc(-c5sc6ccc(Cl)cc6c5C)nn4C)C(=O)C32C)cc(Br)c1O. The van der Waals surface area contributed by atoms with E-state index in [4.69, 9.17) is 21.4 Å². The van der Waals surface area contributed by atoms with Crippen LogP contribution >= 0.6 is 38.9 Å². The van der Waals surface area contributed by atoms with Gasteiger partial charge < -0.3 is 9.84 Å². The Kier molecular flexibility index (Phi) is 8.01. The number of anilines is 2. The number of benzene rings is 3. The number of nitrogens with zero attached hydrogens (tertiary/aromatic N) is 4. The molecule has 1 saturated carbocycles. The van der Waals surface area contributed by atoms with Gasteiger partial charge >= 0.3 is 0 Å². The number of carbonyl (C=O) groups excluding carboxylic acids is 4. The molecule has 2 aliphatic heterocycles. The molecule has 2 saturated heterocycles. The van der Waals surface area contributed by atoms with Crippen LogP contribution in [-0.2, 0) is 26.2 Å². The summed E-state index contributed by atoms with van der Waals surface area (Å²) < 4.78 is 8.53. The van der Waals surface area contributed by atoms with E-state index >= 15 is 4.79 Å². The van der Waals surface area contributed by atoms with E-state index in [2.05, 4.69) is 15.9 Å². The van der Waals surface area contributed by atoms with Crippen LogP contribution in [0.1, 0.15) is 36.8 Å². The van der Waals surface area contributed by atoms with Gasteiger partial charge in [-0.15, -0.1) is 11.3 Å². The predicted octanol–water partition coefficient (Wildman–Crippen LogP) is 8.18. The molecule has 2 aromatic heterocycles. The Bertz CT molecular complexity index is 2510. The standard InChI is InChI=1S/C41H34BrClN4O6S/c1-19-25-16-21(43)10-13-31(25)54-36(19)29-18-32(45(3)44-29)47-38(50)27-17-26-23(11-12-24-33(26)39(51)46(37(24)49)22-8-6-5-7-9-22)34(41(27,2)40(47)52)20-14-28(42)35(48)30(15-20)53-4/h5-11,13-16,18,24,26-27,33-34,48H,12,17H2,1-4H3. The number of phenolic OH excluding ortho intramolecular Hbond substituents is 1. The number of imide groups is 2. The summed E-state index contributed by atoms with van der Waals surface area (Å²) in [7, 11) is 3.17. The molecule has 13 heteroatoms. The number of hydrogen-bond acceptors (Lipinski definition) is 8. The van der Waals surface area contributed by atoms with Crippen molar-refractivity contribution in [2.75, 3.05) is 16.9 Å². The fourth-order valence-corrected chi connectivity index (χ4v) is 11.4. The summed E-state index contributed by atoms with van der Waals surface area (Å²) in [5.41, 5.74) is 2.31. The molecule has 1 N–H and O–H groups in total. The zero-order valence-corrected chi connectivity index (χ0v) is 32.8. The quantitative estimate of drug-likeness (QED) is 0.140. The first-order chi connectivity index (χ1) is 25.8. The zero-order valence-electron chi connectivity index (χ0n) is 29.7. The molecule has 9 rings (SSSR count). The van der Waals surface area contributed by atoms with Gasteiger partial charge in [0.15, 0.2) is 11.5 Å². The molecule has 4 heterocycles. The minimum atomic E-state index is -1.30. The van der Waals surface area contributed by atoms with E-state index in [1.54, 1.807) is 65.5 Å². The second-order valence-corrected chi connectivity index (χ2v) is 17.1. The van der Waals surface area contributed by atoms with Crippen LogP contribution in [0.5, 0.6) is 11.5 Å². The first-order valence-electron chi connectivity index (χ1n) is 17.7. The summed E-state index contributed by atoms with van der Waals surface area (Å²) in [6.45, 7) is 3.83. The highest BCUT2D eigenvalue weighted by Gasteiger charge is 2.68. The fraction of sp³-hybridized carbons (Fsp3) is 0.293. The average Bonchev–Trinajstić information content (AvgIpc) is 3.83. The van der Waals surface area contributed by atoms with Gasteiger partial charge in [-0.3, -0.25) is 28.8 Å². The normalized spacial score (nSPS) is 26.3. The van der Waals surface area contributed by atoms with Gasteiger partial charge in [0.1, 0.15) is 11.5 Å². The highest BCUT2D eigenvalue weighted by atomic mass is 79.9. The number of amides is 4. The summed E-state index contributed by atoms with van der Waals surface area (Å²) in [5, 5.41) is 17.2. The number of aryl methyl sites for hydroxylation is 2. The highest BCUT2D eigenvalue weighted by Crippen LogP contribution is 2.64. The van der Waals surface area contributed by atoms with Crippen molar-refractivity contribution < 1.29 is 29.0 Å². The summed E-state index contributed by atoms with van der Waals surface area (Å²) in [5.74, 6) is -4.23. The van der Waals surface area contributed by atoms with E-state index in [1.807, 2.05) is 44.2 Å². The lowest BCUT2D eigenvalue weighted by Crippen LogP contribution is -2.49. The summed E-state index contributed by atoms with van der Waals surface area (Å²) in [6, 6.07) is 19.9. The maximum atomic E-state index is 15.2. The third-order valence-corrected chi connectivity index (χ3v) is 14.2. The van der Waals surface area contributed by atoms with E-state index < -0.39 is 35.0 Å². The molecule has 0 radical (unpaired) electrons. The number of rotatable bonds is 5. The minimum absolute atomic E-state index is 0.0975. The van der Waals surface area contributed by atoms with Crippen LogP contribution in [0.15, 0.2) is 82.9 Å². The summed E-state index contributed by atoms with van der Waals surface area (Å²) in [4.78, 5) is 61.8. The largest absolute Gasteiger partial charge is 0.503 e. The van der Waals surface area contributed by atoms with Gasteiger partial charge in [-0.1, -0.05) is 41.4 Å². The van der Waals surface area contributed by atoms with Crippen LogP contribution in [-0.4, -0.2) is 45.6 Å². The van der Waals surface area contributed by atoms with E-state index in [-0.39, 0.29) is 41.5 Å². The molecule has 0 bridgehead atoms. The molecule has 3 fully saturated rings. The van der Waals surface area contributed by atoms with E-state index in [1.165, 1.54) is 16.9 Å². The van der Waals surface area contributed by atoms with Crippen LogP contribution in [0, 0.1) is 36.0 Å². The van der Waals surface area contributed by atoms with Crippen molar-refractivity contribution in [3.05, 3.63) is 99.0 Å². The molecule has 54 heavy (non-hydrogen) atoms. The number of aromatic hydroxyl groups is 1. The molecule has 3 aromatic carbocycles. The number of allylic oxidation sites excluding steroid dienone is 2. The lowest BCUT2D eigenvalue weighted by atomic mass is 9.51. The van der Waals surface area contributed by atoms with Gasteiger partial charge in [-0.25, -0.2) is 4.90 Å². The Morgan fingerprint density at radius 1 is 0.981 bits per heavy atom. The molecule has 6 atom stereocenters. The van der Waals surface area contributed by atoms with Crippen molar-refractivity contribution in [2.45, 2.75) is 32.6 Å². The average molecular weight is 826 g/mol. The van der Waals surface area contributed by atoms with Gasteiger partial charge in [0, 0.05) is 28.8 Å². The van der Waals surface area contributed by atoms with Crippen molar-refractivity contribution in [3.8, 4) is 22.1 Å². The van der Waals surface area contributed by atoms with Gasteiger partial charge in [-0.2, -0.15) is 5.10 Å². The summed E-state index contributed by atoms with van der Waals surface area (Å²) >= 11 is 11.4. The Morgan fingerprint density at radius 2 is 1.74 bits per heavy atom. The number of ether oxygens (including phenoxy) is 1. The van der Waals surface area contributed by atoms with Crippen molar-refractivity contribution >= 4 is 84.1 Å². The first-order valence-corrected chi connectivity index (χ1v) is 19.6. The van der Waals surface area contributed by atoms with Crippen LogP contribution in [0.4, 0.5) is 11.5 Å². The Morgan fingerprint density at radius 3 is 2.48 bits per heavy atom. The highest BCUT2D eigenvalue weighted by molar-refractivity contribution is 9.10. The van der Waals surface area contributed by atoms with Crippen LogP contribution in [0.3, 0.4) is 0 Å². The van der Waals surface area contributed by atoms with Gasteiger partial charge in [-0.05, 0) is 108 Å². The molecule has 274 valence electrons. The number of phenols is 1. The number of carbonyl (C=O) groups is 4. The third kappa shape index (κ3) is 4.78. The lowest BCUT2D eigenvalue weighted by molar-refractivity contribution is -0.131. The Labute approximate surface area is 328 Å². The lowest BCUT2D eigenvalue weighted by Gasteiger charge is -2.49. The van der Waals surface area contributed by atoms with Crippen molar-refractivity contribution in [1.82, 2.24) is 9.78 Å². The molecule has 4 amide bonds. The molecule has 10 nitrogen and oxygen atoms in total. The number of halogens is 2. The van der Waals surface area contributed by atoms with Gasteiger partial charge in [0.2, 0.25) is 23.6 Å². The Hall–Kier alpha value is -4.78. The molecule has 4 aliphatic rings. The second-order valence-electron chi connectivity index (χ2n) is 14.8. The summed E-state index contributed by atoms with van der Waals surface area (Å²) in [6.07, 6.45) is 2.53. The molecule has 0 spiro atoms. The number of hydrogen-bond donors (Lipinski definition) is 1. The minimum Gasteiger partial charge on any atom is -0.503 e. The van der Waals surface area contributed by atoms with E-state index in [9.17, 15) is 19.5 Å². The van der Waals surface area contributed by atoms with Crippen molar-refractivity contribution in [2.24, 2.45) is 36.1 Å². The van der Waals surface area contributed by atoms with Crippen molar-refractivity contribution in [3.63, 3.8) is 0 Å². The number of fused-ring (bicyclic) bond motifs is 5. The Balaban J connectivity index is 1.18. The monoisotopic (exact) mass is 824 g/mol. The maximum absolute atomic E-state index is 15.2. The van der Waals surface area contributed by atoms with Crippen molar-refractivity contribution in [1.29, 1.82) is 0 Å². The fourth-order valence-electron chi connectivity index (χ4n) is 9.58. The molecule has 6 unspecified atom stereocenters. The number of methoxy groups -OCH3 is 1. The number of para-hydroxylation sites is 1. The van der Waals surface area contributed by atoms with Gasteiger partial charge in [0.05, 0.1) is 45.3 Å². The smallest absolute Gasteiger partial charge is 0.242 e. The third-order valence-electron chi connectivity index (χ3n) is 12.1. The van der Waals surface area contributed by atoms with E-state index in [0.29, 0.717) is 38.7 Å². The molecule has 5 aromatic rings. The van der Waals surface area contributed by atoms with Crippen LogP contribution in [0.25, 0.3) is 20.7 Å². The van der Waals surface area contributed by atoms with Crippen LogP contribution < -0.4 is 14.5 Å². The van der Waals surface area contributed by atoms with Gasteiger partial charge in [0.25, 0.3) is 0 Å². The number of thiophene rings is 1. The second kappa shape index (κ2) is 12.4. The van der Waals surface area contributed by atoms with E-state index in [0.717, 1.165) is 26.1 Å². The topological polar surface area (TPSA) is 122 Å². The number of aromatic nitrogens is 2. The molecule has 2 aliphatic carbocycles. The maximum Gasteiger partial charge on any atom is 0.242 e. The first kappa shape index (κ1) is 35.0. The predicted molar refractivity (Wildman–Crippen MR) is 210 cm³/mol. The molecular weight excluding hydrogens is 792 g/mol. The molecular formula is C41H34BrClN4O6S. The van der Waals surface area contributed by atoms with Crippen LogP contribution in [0.2, 0.25) is 5.02 Å². The zero-order chi connectivity index (χ0) is 38.0.